The van der Waals surface area contributed by atoms with Crippen LogP contribution in [-0.4, -0.2) is 0 Å². The lowest BCUT2D eigenvalue weighted by molar-refractivity contribution is 0.660. The van der Waals surface area contributed by atoms with Crippen LogP contribution in [0.15, 0.2) is 217 Å². The van der Waals surface area contributed by atoms with E-state index in [2.05, 4.69) is 219 Å². The van der Waals surface area contributed by atoms with Crippen molar-refractivity contribution in [3.05, 3.63) is 223 Å². The van der Waals surface area contributed by atoms with Gasteiger partial charge >= 0.3 is 0 Å². The number of para-hydroxylation sites is 2. The van der Waals surface area contributed by atoms with Gasteiger partial charge in [0.2, 0.25) is 0 Å². The zero-order valence-corrected chi connectivity index (χ0v) is 33.1. The van der Waals surface area contributed by atoms with Crippen LogP contribution in [0.25, 0.3) is 77.6 Å². The molecule has 1 heterocycles. The molecule has 0 amide bonds. The summed E-state index contributed by atoms with van der Waals surface area (Å²) in [5.74, 6) is 0. The van der Waals surface area contributed by atoms with Crippen molar-refractivity contribution in [3.8, 4) is 55.6 Å². The molecule has 1 aromatic heterocycles. The number of hydrogen-bond donors (Lipinski definition) is 0. The van der Waals surface area contributed by atoms with Gasteiger partial charge in [0.05, 0.1) is 5.69 Å². The predicted molar refractivity (Wildman–Crippen MR) is 248 cm³/mol. The Morgan fingerprint density at radius 2 is 0.864 bits per heavy atom. The zero-order chi connectivity index (χ0) is 39.5. The van der Waals surface area contributed by atoms with Crippen molar-refractivity contribution in [3.63, 3.8) is 0 Å². The highest BCUT2D eigenvalue weighted by atomic mass is 16.3. The molecule has 0 radical (unpaired) electrons. The first kappa shape index (κ1) is 34.8. The molecule has 2 nitrogen and oxygen atoms in total. The molecule has 59 heavy (non-hydrogen) atoms. The van der Waals surface area contributed by atoms with Gasteiger partial charge in [-0.05, 0) is 122 Å². The smallest absolute Gasteiger partial charge is 0.135 e. The summed E-state index contributed by atoms with van der Waals surface area (Å²) in [6.07, 6.45) is 0. The summed E-state index contributed by atoms with van der Waals surface area (Å²) < 4.78 is 6.13. The highest BCUT2D eigenvalue weighted by Crippen LogP contribution is 2.51. The summed E-state index contributed by atoms with van der Waals surface area (Å²) in [4.78, 5) is 2.38. The molecule has 0 N–H and O–H groups in total. The van der Waals surface area contributed by atoms with Crippen molar-refractivity contribution in [2.45, 2.75) is 19.3 Å². The van der Waals surface area contributed by atoms with Crippen molar-refractivity contribution < 1.29 is 4.42 Å². The van der Waals surface area contributed by atoms with Crippen molar-refractivity contribution in [2.75, 3.05) is 4.90 Å². The first-order chi connectivity index (χ1) is 29.0. The Morgan fingerprint density at radius 3 is 1.59 bits per heavy atom. The van der Waals surface area contributed by atoms with Crippen molar-refractivity contribution in [1.82, 2.24) is 0 Å². The van der Waals surface area contributed by atoms with Gasteiger partial charge in [-0.2, -0.15) is 0 Å². The van der Waals surface area contributed by atoms with Crippen molar-refractivity contribution in [2.24, 2.45) is 0 Å². The molecular weight excluding hydrogens is 715 g/mol. The molecule has 0 saturated carbocycles. The van der Waals surface area contributed by atoms with E-state index in [4.69, 9.17) is 4.42 Å². The lowest BCUT2D eigenvalue weighted by atomic mass is 9.81. The number of hydrogen-bond acceptors (Lipinski definition) is 2. The number of anilines is 3. The lowest BCUT2D eigenvalue weighted by Gasteiger charge is -2.28. The molecule has 0 bridgehead atoms. The maximum absolute atomic E-state index is 6.13. The molecule has 0 atom stereocenters. The average Bonchev–Trinajstić information content (AvgIpc) is 3.78. The molecule has 9 aromatic carbocycles. The van der Waals surface area contributed by atoms with E-state index < -0.39 is 0 Å². The number of benzene rings is 9. The van der Waals surface area contributed by atoms with E-state index in [1.807, 2.05) is 12.1 Å². The SMILES string of the molecule is CC1(C)c2ccc(-c3ccc(N(c4ccc(-c5ccc6oc7ccccc7c6c5)cc4)c4ccccc4-c4ccccc4)cc3)cc2-c2ccc(-c3ccccc3)cc21. The Balaban J connectivity index is 0.970. The van der Waals surface area contributed by atoms with Crippen LogP contribution in [0, 0.1) is 0 Å². The summed E-state index contributed by atoms with van der Waals surface area (Å²) in [7, 11) is 0. The van der Waals surface area contributed by atoms with Gasteiger partial charge in [0.15, 0.2) is 0 Å². The third-order valence-electron chi connectivity index (χ3n) is 12.3. The summed E-state index contributed by atoms with van der Waals surface area (Å²) in [5, 5.41) is 2.27. The van der Waals surface area contributed by atoms with Gasteiger partial charge in [-0.15, -0.1) is 0 Å². The molecule has 0 saturated heterocycles. The van der Waals surface area contributed by atoms with Crippen LogP contribution >= 0.6 is 0 Å². The van der Waals surface area contributed by atoms with Gasteiger partial charge in [-0.3, -0.25) is 0 Å². The fourth-order valence-corrected chi connectivity index (χ4v) is 9.21. The number of nitrogens with zero attached hydrogens (tertiary/aromatic N) is 1. The molecular formula is C57H41NO. The summed E-state index contributed by atoms with van der Waals surface area (Å²) >= 11 is 0. The number of furan rings is 1. The van der Waals surface area contributed by atoms with Crippen LogP contribution in [0.5, 0.6) is 0 Å². The van der Waals surface area contributed by atoms with Gasteiger partial charge in [0, 0.05) is 33.1 Å². The number of fused-ring (bicyclic) bond motifs is 6. The van der Waals surface area contributed by atoms with E-state index in [0.29, 0.717) is 0 Å². The highest BCUT2D eigenvalue weighted by molar-refractivity contribution is 6.06. The highest BCUT2D eigenvalue weighted by Gasteiger charge is 2.35. The Hall–Kier alpha value is -7.42. The Kier molecular flexibility index (Phi) is 8.20. The largest absolute Gasteiger partial charge is 0.456 e. The normalized spacial score (nSPS) is 12.7. The Bertz CT molecular complexity index is 3160. The fourth-order valence-electron chi connectivity index (χ4n) is 9.21. The van der Waals surface area contributed by atoms with Gasteiger partial charge in [-0.1, -0.05) is 166 Å². The monoisotopic (exact) mass is 755 g/mol. The minimum atomic E-state index is -0.0829. The van der Waals surface area contributed by atoms with E-state index in [9.17, 15) is 0 Å². The van der Waals surface area contributed by atoms with Crippen molar-refractivity contribution in [1.29, 1.82) is 0 Å². The maximum atomic E-state index is 6.13. The minimum absolute atomic E-state index is 0.0829. The van der Waals surface area contributed by atoms with Gasteiger partial charge < -0.3 is 9.32 Å². The van der Waals surface area contributed by atoms with Gasteiger partial charge in [-0.25, -0.2) is 0 Å². The molecule has 0 fully saturated rings. The molecule has 2 heteroatoms. The number of rotatable bonds is 7. The molecule has 1 aliphatic rings. The fraction of sp³-hybridized carbons (Fsp3) is 0.0526. The maximum Gasteiger partial charge on any atom is 0.135 e. The zero-order valence-electron chi connectivity index (χ0n) is 33.1. The Morgan fingerprint density at radius 1 is 0.339 bits per heavy atom. The summed E-state index contributed by atoms with van der Waals surface area (Å²) in [6, 6.07) is 76.9. The standard InChI is InChI=1S/C57H41NO/c1-57(2)52-33-26-42(35-50(52)48-32-25-44(37-53(48)57)38-13-5-3-6-14-38)39-21-28-45(29-22-39)58(54-19-11-9-17-47(54)41-15-7-4-8-16-41)46-30-23-40(24-31-46)43-27-34-56-51(36-43)49-18-10-12-20-55(49)59-56/h3-37H,1-2H3. The van der Waals surface area contributed by atoms with E-state index in [1.54, 1.807) is 0 Å². The quantitative estimate of drug-likeness (QED) is 0.161. The average molecular weight is 756 g/mol. The molecule has 11 rings (SSSR count). The first-order valence-corrected chi connectivity index (χ1v) is 20.4. The Labute approximate surface area is 345 Å². The second-order valence-corrected chi connectivity index (χ2v) is 16.1. The van der Waals surface area contributed by atoms with E-state index in [1.165, 1.54) is 55.6 Å². The third kappa shape index (κ3) is 5.96. The van der Waals surface area contributed by atoms with Crippen LogP contribution in [-0.2, 0) is 5.41 Å². The van der Waals surface area contributed by atoms with Crippen LogP contribution in [0.4, 0.5) is 17.1 Å². The summed E-state index contributed by atoms with van der Waals surface area (Å²) in [6.45, 7) is 4.71. The predicted octanol–water partition coefficient (Wildman–Crippen LogP) is 16.0. The topological polar surface area (TPSA) is 16.4 Å². The van der Waals surface area contributed by atoms with E-state index >= 15 is 0 Å². The second kappa shape index (κ2) is 13.9. The summed E-state index contributed by atoms with van der Waals surface area (Å²) in [5.41, 5.74) is 20.1. The minimum Gasteiger partial charge on any atom is -0.456 e. The van der Waals surface area contributed by atoms with Crippen molar-refractivity contribution >= 4 is 39.0 Å². The molecule has 0 spiro atoms. The van der Waals surface area contributed by atoms with E-state index in [-0.39, 0.29) is 5.41 Å². The van der Waals surface area contributed by atoms with Crippen LogP contribution in [0.1, 0.15) is 25.0 Å². The molecule has 280 valence electrons. The second-order valence-electron chi connectivity index (χ2n) is 16.1. The van der Waals surface area contributed by atoms with Crippen LogP contribution in [0.2, 0.25) is 0 Å². The molecule has 10 aromatic rings. The molecule has 1 aliphatic carbocycles. The lowest BCUT2D eigenvalue weighted by Crippen LogP contribution is -2.15. The molecule has 0 aliphatic heterocycles. The van der Waals surface area contributed by atoms with Gasteiger partial charge in [0.1, 0.15) is 11.2 Å². The first-order valence-electron chi connectivity index (χ1n) is 20.4. The van der Waals surface area contributed by atoms with Crippen LogP contribution in [0.3, 0.4) is 0 Å². The van der Waals surface area contributed by atoms with Crippen LogP contribution < -0.4 is 4.90 Å². The van der Waals surface area contributed by atoms with Gasteiger partial charge in [0.25, 0.3) is 0 Å². The molecule has 0 unspecified atom stereocenters. The third-order valence-corrected chi connectivity index (χ3v) is 12.3. The van der Waals surface area contributed by atoms with E-state index in [0.717, 1.165) is 50.1 Å².